The molecule has 2 aromatic carbocycles. The summed E-state index contributed by atoms with van der Waals surface area (Å²) in [6.07, 6.45) is 0. The molecule has 0 radical (unpaired) electrons. The minimum atomic E-state index is -1.22. The van der Waals surface area contributed by atoms with Crippen LogP contribution in [0.15, 0.2) is 48.5 Å². The number of carboxylic acids is 1. The minimum Gasteiger partial charge on any atom is -0.491 e. The van der Waals surface area contributed by atoms with Crippen LogP contribution in [0.1, 0.15) is 48.0 Å². The van der Waals surface area contributed by atoms with E-state index in [1.54, 1.807) is 30.3 Å². The first kappa shape index (κ1) is 21.0. The van der Waals surface area contributed by atoms with Crippen molar-refractivity contribution in [1.29, 1.82) is 0 Å². The van der Waals surface area contributed by atoms with Gasteiger partial charge in [-0.15, -0.1) is 0 Å². The highest BCUT2D eigenvalue weighted by Crippen LogP contribution is 2.33. The van der Waals surface area contributed by atoms with Crippen LogP contribution in [0.25, 0.3) is 0 Å². The number of methoxy groups -OCH3 is 1. The molecule has 0 bridgehead atoms. The maximum Gasteiger partial charge on any atom is 0.337 e. The third-order valence-corrected chi connectivity index (χ3v) is 5.16. The Morgan fingerprint density at radius 3 is 2.47 bits per heavy atom. The zero-order valence-electron chi connectivity index (χ0n) is 17.7. The number of fused-ring (bicyclic) bond motifs is 1. The van der Waals surface area contributed by atoms with Gasteiger partial charge < -0.3 is 14.6 Å². The maximum atomic E-state index is 13.0. The second-order valence-corrected chi connectivity index (χ2v) is 7.32. The van der Waals surface area contributed by atoms with Crippen LogP contribution in [0.5, 0.6) is 11.5 Å². The second kappa shape index (κ2) is 8.14. The second-order valence-electron chi connectivity index (χ2n) is 7.32. The van der Waals surface area contributed by atoms with E-state index in [1.807, 2.05) is 13.8 Å². The number of ether oxygens (including phenoxy) is 2. The van der Waals surface area contributed by atoms with E-state index >= 15 is 0 Å². The standard InChI is InChI=1S/C24H20N2O6/c1-13-10-20(21(31-3)14(2)25-13)32-12-15-8-9-16-18(11-15)23(28)26(22(16)27)19-7-5-4-6-17(19)24(29)30/h4-11H,12H2,1-3H3,(H,29,30). The molecule has 4 rings (SSSR count). The Morgan fingerprint density at radius 2 is 1.75 bits per heavy atom. The molecule has 0 unspecified atom stereocenters. The van der Waals surface area contributed by atoms with E-state index in [4.69, 9.17) is 9.47 Å². The number of carboxylic acid groups (broad SMARTS) is 1. The van der Waals surface area contributed by atoms with Crippen molar-refractivity contribution in [2.45, 2.75) is 20.5 Å². The fourth-order valence-electron chi connectivity index (χ4n) is 3.74. The predicted octanol–water partition coefficient (Wildman–Crippen LogP) is 3.78. The van der Waals surface area contributed by atoms with Gasteiger partial charge in [-0.05, 0) is 43.7 Å². The molecule has 162 valence electrons. The fourth-order valence-corrected chi connectivity index (χ4v) is 3.74. The molecule has 0 aliphatic carbocycles. The van der Waals surface area contributed by atoms with Crippen LogP contribution in [-0.4, -0.2) is 35.0 Å². The average molecular weight is 432 g/mol. The van der Waals surface area contributed by atoms with Crippen LogP contribution in [0.4, 0.5) is 5.69 Å². The van der Waals surface area contributed by atoms with Gasteiger partial charge in [-0.1, -0.05) is 18.2 Å². The number of amides is 2. The van der Waals surface area contributed by atoms with Gasteiger partial charge in [0.05, 0.1) is 35.2 Å². The Morgan fingerprint density at radius 1 is 1.03 bits per heavy atom. The molecular formula is C24H20N2O6. The largest absolute Gasteiger partial charge is 0.491 e. The zero-order valence-corrected chi connectivity index (χ0v) is 17.7. The van der Waals surface area contributed by atoms with Crippen LogP contribution in [0, 0.1) is 13.8 Å². The molecule has 2 heterocycles. The van der Waals surface area contributed by atoms with Crippen molar-refractivity contribution in [1.82, 2.24) is 4.98 Å². The van der Waals surface area contributed by atoms with Crippen molar-refractivity contribution in [3.8, 4) is 11.5 Å². The number of nitrogens with zero attached hydrogens (tertiary/aromatic N) is 2. The van der Waals surface area contributed by atoms with E-state index < -0.39 is 17.8 Å². The lowest BCUT2D eigenvalue weighted by atomic mass is 10.1. The summed E-state index contributed by atoms with van der Waals surface area (Å²) in [5, 5.41) is 9.44. The Balaban J connectivity index is 1.63. The van der Waals surface area contributed by atoms with E-state index in [-0.39, 0.29) is 29.0 Å². The van der Waals surface area contributed by atoms with Crippen LogP contribution in [0.2, 0.25) is 0 Å². The van der Waals surface area contributed by atoms with Crippen molar-refractivity contribution in [3.63, 3.8) is 0 Å². The Kier molecular flexibility index (Phi) is 5.36. The third-order valence-electron chi connectivity index (χ3n) is 5.16. The summed E-state index contributed by atoms with van der Waals surface area (Å²) in [5.74, 6) is -1.30. The van der Waals surface area contributed by atoms with E-state index in [9.17, 15) is 19.5 Å². The average Bonchev–Trinajstić information content (AvgIpc) is 3.01. The Bertz CT molecular complexity index is 1270. The summed E-state index contributed by atoms with van der Waals surface area (Å²) in [4.78, 5) is 42.7. The van der Waals surface area contributed by atoms with Gasteiger partial charge in [0.15, 0.2) is 11.5 Å². The summed E-state index contributed by atoms with van der Waals surface area (Å²) in [6, 6.07) is 12.5. The number of hydrogen-bond acceptors (Lipinski definition) is 6. The lowest BCUT2D eigenvalue weighted by Gasteiger charge is -2.16. The molecule has 2 amide bonds. The SMILES string of the molecule is COc1c(OCc2ccc3c(c2)C(=O)N(c2ccccc2C(=O)O)C3=O)cc(C)nc1C. The summed E-state index contributed by atoms with van der Waals surface area (Å²) in [6.45, 7) is 3.81. The van der Waals surface area contributed by atoms with Gasteiger partial charge in [-0.2, -0.15) is 0 Å². The van der Waals surface area contributed by atoms with Gasteiger partial charge in [0, 0.05) is 11.8 Å². The smallest absolute Gasteiger partial charge is 0.337 e. The molecule has 0 fully saturated rings. The van der Waals surface area contributed by atoms with Crippen LogP contribution < -0.4 is 14.4 Å². The third kappa shape index (κ3) is 3.56. The first-order valence-electron chi connectivity index (χ1n) is 9.81. The molecule has 1 aliphatic heterocycles. The van der Waals surface area contributed by atoms with Crippen LogP contribution in [0.3, 0.4) is 0 Å². The highest BCUT2D eigenvalue weighted by atomic mass is 16.5. The zero-order chi connectivity index (χ0) is 23.0. The number of aryl methyl sites for hydroxylation is 2. The predicted molar refractivity (Wildman–Crippen MR) is 116 cm³/mol. The summed E-state index contributed by atoms with van der Waals surface area (Å²) in [7, 11) is 1.54. The number of benzene rings is 2. The van der Waals surface area contributed by atoms with Crippen molar-refractivity contribution < 1.29 is 29.0 Å². The first-order chi connectivity index (χ1) is 15.3. The molecule has 8 heteroatoms. The molecule has 0 saturated carbocycles. The van der Waals surface area contributed by atoms with Crippen LogP contribution >= 0.6 is 0 Å². The maximum absolute atomic E-state index is 13.0. The number of imide groups is 1. The number of aromatic nitrogens is 1. The Hall–Kier alpha value is -4.20. The number of carbonyl (C=O) groups is 3. The number of aromatic carboxylic acids is 1. The summed E-state index contributed by atoms with van der Waals surface area (Å²) in [5.41, 5.74) is 2.48. The molecule has 0 spiro atoms. The lowest BCUT2D eigenvalue weighted by Crippen LogP contribution is -2.30. The number of para-hydroxylation sites is 1. The van der Waals surface area contributed by atoms with Crippen molar-refractivity contribution in [2.75, 3.05) is 12.0 Å². The number of rotatable bonds is 6. The Labute approximate surface area is 184 Å². The molecule has 32 heavy (non-hydrogen) atoms. The minimum absolute atomic E-state index is 0.0384. The van der Waals surface area contributed by atoms with E-state index in [2.05, 4.69) is 4.98 Å². The molecule has 3 aromatic rings. The normalized spacial score (nSPS) is 12.7. The molecule has 8 nitrogen and oxygen atoms in total. The molecular weight excluding hydrogens is 412 g/mol. The van der Waals surface area contributed by atoms with Gasteiger partial charge in [-0.3, -0.25) is 14.6 Å². The fraction of sp³-hybridized carbons (Fsp3) is 0.167. The summed E-state index contributed by atoms with van der Waals surface area (Å²) >= 11 is 0. The van der Waals surface area contributed by atoms with Crippen LogP contribution in [-0.2, 0) is 6.61 Å². The molecule has 0 saturated heterocycles. The van der Waals surface area contributed by atoms with Crippen molar-refractivity contribution in [3.05, 3.63) is 82.2 Å². The number of anilines is 1. The van der Waals surface area contributed by atoms with Gasteiger partial charge in [0.1, 0.15) is 6.61 Å². The van der Waals surface area contributed by atoms with Gasteiger partial charge in [-0.25, -0.2) is 9.69 Å². The van der Waals surface area contributed by atoms with Crippen molar-refractivity contribution >= 4 is 23.5 Å². The highest BCUT2D eigenvalue weighted by molar-refractivity contribution is 6.35. The van der Waals surface area contributed by atoms with E-state index in [0.717, 1.165) is 10.6 Å². The van der Waals surface area contributed by atoms with Gasteiger partial charge >= 0.3 is 5.97 Å². The van der Waals surface area contributed by atoms with Crippen molar-refractivity contribution in [2.24, 2.45) is 0 Å². The van der Waals surface area contributed by atoms with E-state index in [1.165, 1.54) is 25.3 Å². The monoisotopic (exact) mass is 432 g/mol. The summed E-state index contributed by atoms with van der Waals surface area (Å²) < 4.78 is 11.3. The van der Waals surface area contributed by atoms with Gasteiger partial charge in [0.25, 0.3) is 11.8 Å². The molecule has 1 aromatic heterocycles. The quantitative estimate of drug-likeness (QED) is 0.591. The first-order valence-corrected chi connectivity index (χ1v) is 9.81. The molecule has 1 aliphatic rings. The number of pyridine rings is 1. The number of carbonyl (C=O) groups excluding carboxylic acids is 2. The van der Waals surface area contributed by atoms with Gasteiger partial charge in [0.2, 0.25) is 0 Å². The topological polar surface area (TPSA) is 106 Å². The molecule has 1 N–H and O–H groups in total. The van der Waals surface area contributed by atoms with E-state index in [0.29, 0.717) is 22.8 Å². The number of hydrogen-bond donors (Lipinski definition) is 1. The molecule has 0 atom stereocenters. The lowest BCUT2D eigenvalue weighted by molar-refractivity contribution is 0.0698. The highest BCUT2D eigenvalue weighted by Gasteiger charge is 2.38.